The summed E-state index contributed by atoms with van der Waals surface area (Å²) in [6.45, 7) is 44.9. The molecule has 6 heteroatoms. The molecule has 3 aliphatic rings. The highest BCUT2D eigenvalue weighted by molar-refractivity contribution is 6.74. The summed E-state index contributed by atoms with van der Waals surface area (Å²) in [5, 5.41) is 0.0681. The summed E-state index contributed by atoms with van der Waals surface area (Å²) in [4.78, 5) is 11.3. The van der Waals surface area contributed by atoms with Crippen molar-refractivity contribution < 1.29 is 13.6 Å². The van der Waals surface area contributed by atoms with Crippen molar-refractivity contribution in [1.29, 1.82) is 0 Å². The molecule has 302 valence electrons. The molecular weight excluding hydrogens is 685 g/mol. The Labute approximate surface area is 328 Å². The minimum absolute atomic E-state index is 0.0240. The van der Waals surface area contributed by atoms with E-state index >= 15 is 0 Å². The molecule has 0 aromatic rings. The largest absolute Gasteiger partial charge is 0.432 e. The maximum atomic E-state index is 11.3. The Hall–Kier alpha value is -0.249. The number of hydrogen-bond acceptors (Lipinski definition) is 3. The van der Waals surface area contributed by atoms with Crippen molar-refractivity contribution in [3.63, 3.8) is 0 Å². The Balaban J connectivity index is 1.82. The third-order valence-corrected chi connectivity index (χ3v) is 29.1. The predicted molar refractivity (Wildman–Crippen MR) is 237 cm³/mol. The minimum Gasteiger partial charge on any atom is -0.432 e. The molecule has 3 aliphatic carbocycles. The summed E-state index contributed by atoms with van der Waals surface area (Å²) < 4.78 is 14.2. The third kappa shape index (κ3) is 10.6. The van der Waals surface area contributed by atoms with Gasteiger partial charge in [0.1, 0.15) is 0 Å². The highest BCUT2D eigenvalue weighted by atomic mass is 28.4. The van der Waals surface area contributed by atoms with Crippen LogP contribution < -0.4 is 0 Å². The molecule has 7 atom stereocenters. The van der Waals surface area contributed by atoms with Crippen molar-refractivity contribution in [3.05, 3.63) is 35.5 Å². The van der Waals surface area contributed by atoms with Gasteiger partial charge in [0, 0.05) is 0 Å². The normalized spacial score (nSPS) is 29.8. The van der Waals surface area contributed by atoms with Crippen LogP contribution >= 0.6 is 0 Å². The van der Waals surface area contributed by atoms with Crippen LogP contribution in [0.5, 0.6) is 0 Å². The van der Waals surface area contributed by atoms with Crippen molar-refractivity contribution in [3.8, 4) is 0 Å². The molecule has 0 heterocycles. The van der Waals surface area contributed by atoms with E-state index in [4.69, 9.17) is 15.4 Å². The number of fused-ring (bicyclic) bond motifs is 1. The predicted octanol–water partition coefficient (Wildman–Crippen LogP) is 14.6. The van der Waals surface area contributed by atoms with Crippen LogP contribution in [-0.2, 0) is 8.85 Å². The smallest absolute Gasteiger partial charge is 0.192 e. The molecule has 3 fully saturated rings. The minimum atomic E-state index is -2.35. The van der Waals surface area contributed by atoms with Crippen LogP contribution in [0, 0.1) is 35.0 Å². The first-order valence-corrected chi connectivity index (χ1v) is 30.2. The summed E-state index contributed by atoms with van der Waals surface area (Å²) in [6.07, 6.45) is 17.3. The highest BCUT2D eigenvalue weighted by Crippen LogP contribution is 2.60. The monoisotopic (exact) mass is 773 g/mol. The zero-order valence-electron chi connectivity index (χ0n) is 37.8. The lowest BCUT2D eigenvalue weighted by Gasteiger charge is -2.46. The Kier molecular flexibility index (Phi) is 15.2. The first-order chi connectivity index (χ1) is 23.7. The first-order valence-electron chi connectivity index (χ1n) is 21.9. The molecule has 1 N–H and O–H groups in total. The van der Waals surface area contributed by atoms with Gasteiger partial charge in [-0.25, -0.2) is 0 Å². The van der Waals surface area contributed by atoms with Crippen LogP contribution in [0.3, 0.4) is 0 Å². The molecule has 3 rings (SSSR count). The van der Waals surface area contributed by atoms with E-state index in [1.807, 2.05) is 0 Å². The zero-order chi connectivity index (χ0) is 39.7. The SMILES string of the molecule is C=C1[C@H](CC(C)(C)[Si](C)(C)O)C/C(=C\C=C2/CCC[C@@]3(C)C2CCC3[C@H](C)[C@H](C)CCC(C)(C)O[Si](CC)(CC)CC)C[C@H]1O[Si](C)(C)C(C)(C)C. The van der Waals surface area contributed by atoms with E-state index in [1.54, 1.807) is 5.57 Å². The molecule has 3 nitrogen and oxygen atoms in total. The second-order valence-electron chi connectivity index (χ2n) is 21.8. The molecule has 0 aromatic heterocycles. The van der Waals surface area contributed by atoms with Gasteiger partial charge in [-0.3, -0.25) is 0 Å². The molecule has 0 bridgehead atoms. The van der Waals surface area contributed by atoms with E-state index in [9.17, 15) is 4.80 Å². The number of hydrogen-bond donors (Lipinski definition) is 1. The van der Waals surface area contributed by atoms with Crippen LogP contribution in [0.25, 0.3) is 0 Å². The van der Waals surface area contributed by atoms with Crippen molar-refractivity contribution in [1.82, 2.24) is 0 Å². The van der Waals surface area contributed by atoms with Gasteiger partial charge in [0.15, 0.2) is 25.0 Å². The average Bonchev–Trinajstić information content (AvgIpc) is 3.39. The fraction of sp³-hybridized carbons (Fsp3) is 0.870. The van der Waals surface area contributed by atoms with Gasteiger partial charge in [0.05, 0.1) is 11.7 Å². The second-order valence-corrected chi connectivity index (χ2v) is 35.8. The molecule has 2 unspecified atom stereocenters. The number of rotatable bonds is 16. The fourth-order valence-corrected chi connectivity index (χ4v) is 15.5. The average molecular weight is 773 g/mol. The maximum absolute atomic E-state index is 11.3. The Morgan fingerprint density at radius 2 is 1.52 bits per heavy atom. The topological polar surface area (TPSA) is 38.7 Å². The number of allylic oxidation sites excluding steroid dienone is 3. The third-order valence-electron chi connectivity index (χ3n) is 16.3. The Bertz CT molecular complexity index is 1210. The summed E-state index contributed by atoms with van der Waals surface area (Å²) in [5.41, 5.74) is 4.88. The van der Waals surface area contributed by atoms with Gasteiger partial charge in [0.2, 0.25) is 0 Å². The molecule has 0 spiro atoms. The highest BCUT2D eigenvalue weighted by Gasteiger charge is 2.52. The van der Waals surface area contributed by atoms with Crippen molar-refractivity contribution >= 4 is 25.0 Å². The van der Waals surface area contributed by atoms with Crippen LogP contribution in [0.15, 0.2) is 35.5 Å². The van der Waals surface area contributed by atoms with E-state index in [2.05, 4.69) is 128 Å². The van der Waals surface area contributed by atoms with Gasteiger partial charge < -0.3 is 13.6 Å². The van der Waals surface area contributed by atoms with Gasteiger partial charge in [-0.2, -0.15) is 0 Å². The van der Waals surface area contributed by atoms with Crippen LogP contribution in [0.2, 0.25) is 54.4 Å². The molecule has 3 saturated carbocycles. The quantitative estimate of drug-likeness (QED) is 0.125. The second kappa shape index (κ2) is 17.1. The fourth-order valence-electron chi connectivity index (χ4n) is 10.2. The van der Waals surface area contributed by atoms with Crippen LogP contribution in [0.4, 0.5) is 0 Å². The lowest BCUT2D eigenvalue weighted by molar-refractivity contribution is 0.0524. The molecule has 0 radical (unpaired) electrons. The molecular formula is C46H88O3Si3. The lowest BCUT2D eigenvalue weighted by atomic mass is 9.59. The molecule has 0 amide bonds. The van der Waals surface area contributed by atoms with Gasteiger partial charge in [-0.05, 0) is 173 Å². The van der Waals surface area contributed by atoms with Crippen molar-refractivity contribution in [2.45, 2.75) is 220 Å². The molecule has 0 aliphatic heterocycles. The van der Waals surface area contributed by atoms with E-state index in [0.29, 0.717) is 23.2 Å². The lowest BCUT2D eigenvalue weighted by Crippen LogP contribution is -2.46. The van der Waals surface area contributed by atoms with Gasteiger partial charge >= 0.3 is 0 Å². The van der Waals surface area contributed by atoms with Crippen molar-refractivity contribution in [2.75, 3.05) is 0 Å². The van der Waals surface area contributed by atoms with E-state index < -0.39 is 25.0 Å². The van der Waals surface area contributed by atoms with Gasteiger partial charge in [-0.15, -0.1) is 0 Å². The van der Waals surface area contributed by atoms with Crippen LogP contribution in [0.1, 0.15) is 154 Å². The van der Waals surface area contributed by atoms with Gasteiger partial charge in [0.25, 0.3) is 0 Å². The molecule has 0 saturated heterocycles. The van der Waals surface area contributed by atoms with E-state index in [1.165, 1.54) is 74.2 Å². The maximum Gasteiger partial charge on any atom is 0.192 e. The molecule has 52 heavy (non-hydrogen) atoms. The first kappa shape index (κ1) is 46.1. The molecule has 0 aromatic carbocycles. The zero-order valence-corrected chi connectivity index (χ0v) is 40.8. The van der Waals surface area contributed by atoms with E-state index in [-0.39, 0.29) is 21.8 Å². The standard InChI is InChI=1S/C46H88O3Si3/c1-19-52(20-2,21-3)49-44(10,11)30-28-34(4)35(5)40-26-27-41-38(23-22-29-46(40,41)14)25-24-37-31-39(33-45(12,13)50(15,16)47)36(6)42(32-37)48-51(17,18)43(7,8)9/h24-25,34-35,39-42,47H,6,19-23,26-33H2,1-5,7-18H3/b37-24+,38-25+/t34-,35-,39+,40?,41?,42-,46-/m1/s1. The summed E-state index contributed by atoms with van der Waals surface area (Å²) in [6, 6.07) is 3.69. The van der Waals surface area contributed by atoms with E-state index in [0.717, 1.165) is 31.1 Å². The summed E-state index contributed by atoms with van der Waals surface area (Å²) >= 11 is 0. The van der Waals surface area contributed by atoms with Crippen molar-refractivity contribution in [2.24, 2.45) is 35.0 Å². The van der Waals surface area contributed by atoms with Crippen LogP contribution in [-0.4, -0.2) is 41.5 Å². The summed E-state index contributed by atoms with van der Waals surface area (Å²) in [5.74, 6) is 3.28. The Morgan fingerprint density at radius 1 is 0.923 bits per heavy atom. The van der Waals surface area contributed by atoms with Gasteiger partial charge in [-0.1, -0.05) is 106 Å². The summed E-state index contributed by atoms with van der Waals surface area (Å²) in [7, 11) is -5.95. The Morgan fingerprint density at radius 3 is 2.06 bits per heavy atom.